The topological polar surface area (TPSA) is 102 Å². The molecule has 0 saturated carbocycles. The van der Waals surface area contributed by atoms with Crippen LogP contribution in [0.15, 0.2) is 87.0 Å². The maximum Gasteiger partial charge on any atom is 0.296 e. The molecule has 1 N–H and O–H groups in total. The van der Waals surface area contributed by atoms with Gasteiger partial charge < -0.3 is 19.0 Å². The molecule has 1 aliphatic heterocycles. The highest BCUT2D eigenvalue weighted by Crippen LogP contribution is 2.45. The molecule has 1 unspecified atom stereocenters. The number of Topliss-reactive ketones (excluding diaryl/α,β-unsaturated/α-hetero) is 1. The number of thiazole rings is 1. The molecule has 0 fully saturated rings. The molecule has 1 atom stereocenters. The summed E-state index contributed by atoms with van der Waals surface area (Å²) in [7, 11) is 3.09. The van der Waals surface area contributed by atoms with Crippen LogP contribution in [-0.4, -0.2) is 36.0 Å². The molecule has 0 saturated heterocycles. The first-order valence-corrected chi connectivity index (χ1v) is 13.1. The summed E-state index contributed by atoms with van der Waals surface area (Å²) >= 11 is 4.70. The largest absolute Gasteiger partial charge is 0.503 e. The first-order valence-electron chi connectivity index (χ1n) is 11.5. The molecule has 5 aromatic rings. The maximum absolute atomic E-state index is 13.9. The minimum Gasteiger partial charge on any atom is -0.503 e. The quantitative estimate of drug-likeness (QED) is 0.222. The van der Waals surface area contributed by atoms with Crippen LogP contribution in [0.3, 0.4) is 0 Å². The number of ether oxygens (including phenoxy) is 2. The van der Waals surface area contributed by atoms with Crippen molar-refractivity contribution in [1.82, 2.24) is 4.98 Å². The summed E-state index contributed by atoms with van der Waals surface area (Å²) in [6.45, 7) is 0. The van der Waals surface area contributed by atoms with E-state index in [4.69, 9.17) is 13.9 Å². The molecule has 0 radical (unpaired) electrons. The second kappa shape index (κ2) is 9.30. The Morgan fingerprint density at radius 1 is 1.08 bits per heavy atom. The number of aliphatic hydroxyl groups excluding tert-OH is 1. The number of carbonyl (C=O) groups excluding carboxylic acids is 2. The average molecular weight is 591 g/mol. The lowest BCUT2D eigenvalue weighted by atomic mass is 9.95. The summed E-state index contributed by atoms with van der Waals surface area (Å²) in [4.78, 5) is 33.4. The van der Waals surface area contributed by atoms with Gasteiger partial charge >= 0.3 is 0 Å². The Balaban J connectivity index is 1.50. The highest BCUT2D eigenvalue weighted by atomic mass is 79.9. The zero-order valence-corrected chi connectivity index (χ0v) is 22.5. The van der Waals surface area contributed by atoms with Crippen molar-refractivity contribution in [3.05, 3.63) is 93.9 Å². The highest BCUT2D eigenvalue weighted by Gasteiger charge is 2.46. The highest BCUT2D eigenvalue weighted by molar-refractivity contribution is 9.10. The second-order valence-electron chi connectivity index (χ2n) is 8.54. The average Bonchev–Trinajstić information content (AvgIpc) is 3.62. The number of nitrogens with zero attached hydrogens (tertiary/aromatic N) is 2. The van der Waals surface area contributed by atoms with Crippen LogP contribution in [0, 0.1) is 0 Å². The van der Waals surface area contributed by atoms with Gasteiger partial charge in [-0.2, -0.15) is 0 Å². The third-order valence-electron chi connectivity index (χ3n) is 6.38. The van der Waals surface area contributed by atoms with Gasteiger partial charge in [0.25, 0.3) is 5.91 Å². The third kappa shape index (κ3) is 3.84. The van der Waals surface area contributed by atoms with E-state index in [1.165, 1.54) is 23.3 Å². The van der Waals surface area contributed by atoms with E-state index in [2.05, 4.69) is 20.9 Å². The molecule has 190 valence electrons. The number of furan rings is 1. The van der Waals surface area contributed by atoms with Crippen molar-refractivity contribution in [2.24, 2.45) is 0 Å². The van der Waals surface area contributed by atoms with E-state index in [9.17, 15) is 14.7 Å². The number of halogens is 1. The van der Waals surface area contributed by atoms with Gasteiger partial charge in [0.1, 0.15) is 5.75 Å². The Morgan fingerprint density at radius 2 is 1.87 bits per heavy atom. The lowest BCUT2D eigenvalue weighted by Gasteiger charge is -2.24. The molecule has 8 nitrogen and oxygen atoms in total. The van der Waals surface area contributed by atoms with E-state index >= 15 is 0 Å². The first kappa shape index (κ1) is 24.2. The summed E-state index contributed by atoms with van der Waals surface area (Å²) in [6, 6.07) is 18.6. The molecule has 0 bridgehead atoms. The summed E-state index contributed by atoms with van der Waals surface area (Å²) < 4.78 is 18.2. The van der Waals surface area contributed by atoms with Crippen molar-refractivity contribution >= 4 is 65.3 Å². The molecule has 3 aromatic carbocycles. The number of aromatic nitrogens is 1. The number of ketones is 1. The number of methoxy groups -OCH3 is 2. The first-order chi connectivity index (χ1) is 18.4. The van der Waals surface area contributed by atoms with E-state index < -0.39 is 23.5 Å². The van der Waals surface area contributed by atoms with E-state index in [1.54, 1.807) is 55.6 Å². The van der Waals surface area contributed by atoms with Crippen LogP contribution in [0.25, 0.3) is 21.2 Å². The molecule has 3 heterocycles. The SMILES string of the molecule is COc1ccc2nc(N3C(=O)C(O)=C(C(=O)c4cc5cccc(OC)c5o4)C3c3ccc(Br)cc3)sc2c1. The number of carbonyl (C=O) groups is 2. The standard InChI is InChI=1S/C28H19BrN2O6S/c1-35-17-10-11-18-21(13-17)38-28(30-18)31-23(14-6-8-16(29)9-7-14)22(25(33)27(31)34)24(32)20-12-15-4-3-5-19(36-2)26(15)37-20/h3-13,23,33H,1-2H3. The molecule has 2 aromatic heterocycles. The molecular formula is C28H19BrN2O6S. The van der Waals surface area contributed by atoms with Gasteiger partial charge in [0.05, 0.1) is 36.1 Å². The Kier molecular flexibility index (Phi) is 5.93. The molecule has 1 amide bonds. The Hall–Kier alpha value is -4.15. The normalized spacial score (nSPS) is 15.6. The van der Waals surface area contributed by atoms with Crippen LogP contribution in [0.5, 0.6) is 11.5 Å². The number of fused-ring (bicyclic) bond motifs is 2. The van der Waals surface area contributed by atoms with Crippen molar-refractivity contribution in [1.29, 1.82) is 0 Å². The molecule has 38 heavy (non-hydrogen) atoms. The Labute approximate surface area is 228 Å². The van der Waals surface area contributed by atoms with Gasteiger partial charge in [0.15, 0.2) is 28.0 Å². The Morgan fingerprint density at radius 3 is 2.61 bits per heavy atom. The number of benzene rings is 3. The summed E-state index contributed by atoms with van der Waals surface area (Å²) in [6.07, 6.45) is 0. The fraction of sp³-hybridized carbons (Fsp3) is 0.107. The van der Waals surface area contributed by atoms with Crippen molar-refractivity contribution in [3.63, 3.8) is 0 Å². The number of anilines is 1. The van der Waals surface area contributed by atoms with Crippen molar-refractivity contribution < 1.29 is 28.6 Å². The zero-order chi connectivity index (χ0) is 26.6. The van der Waals surface area contributed by atoms with Crippen LogP contribution in [0.2, 0.25) is 0 Å². The fourth-order valence-electron chi connectivity index (χ4n) is 4.56. The number of amides is 1. The van der Waals surface area contributed by atoms with Gasteiger partial charge in [0.2, 0.25) is 5.78 Å². The van der Waals surface area contributed by atoms with Crippen molar-refractivity contribution in [2.75, 3.05) is 19.1 Å². The van der Waals surface area contributed by atoms with E-state index in [1.807, 2.05) is 18.2 Å². The molecule has 1 aliphatic rings. The third-order valence-corrected chi connectivity index (χ3v) is 7.93. The number of para-hydroxylation sites is 1. The monoisotopic (exact) mass is 590 g/mol. The summed E-state index contributed by atoms with van der Waals surface area (Å²) in [5, 5.41) is 12.1. The number of aliphatic hydroxyl groups is 1. The van der Waals surface area contributed by atoms with Crippen LogP contribution >= 0.6 is 27.3 Å². The lowest BCUT2D eigenvalue weighted by molar-refractivity contribution is -0.117. The van der Waals surface area contributed by atoms with Gasteiger partial charge in [-0.15, -0.1) is 0 Å². The lowest BCUT2D eigenvalue weighted by Crippen LogP contribution is -2.30. The predicted molar refractivity (Wildman–Crippen MR) is 147 cm³/mol. The maximum atomic E-state index is 13.9. The van der Waals surface area contributed by atoms with E-state index in [-0.39, 0.29) is 11.3 Å². The van der Waals surface area contributed by atoms with Crippen LogP contribution in [0.1, 0.15) is 22.2 Å². The fourth-order valence-corrected chi connectivity index (χ4v) is 5.84. The van der Waals surface area contributed by atoms with Crippen LogP contribution < -0.4 is 14.4 Å². The molecular weight excluding hydrogens is 572 g/mol. The smallest absolute Gasteiger partial charge is 0.296 e. The minimum absolute atomic E-state index is 0.0168. The van der Waals surface area contributed by atoms with Crippen LogP contribution in [0.4, 0.5) is 5.13 Å². The summed E-state index contributed by atoms with van der Waals surface area (Å²) in [5.41, 5.74) is 1.60. The van der Waals surface area contributed by atoms with Crippen LogP contribution in [-0.2, 0) is 4.79 Å². The Bertz CT molecular complexity index is 1770. The molecule has 0 aliphatic carbocycles. The van der Waals surface area contributed by atoms with Gasteiger partial charge in [-0.3, -0.25) is 14.5 Å². The predicted octanol–water partition coefficient (Wildman–Crippen LogP) is 6.61. The van der Waals surface area contributed by atoms with Gasteiger partial charge in [-0.25, -0.2) is 4.98 Å². The molecule has 6 rings (SSSR count). The van der Waals surface area contributed by atoms with E-state index in [0.717, 1.165) is 9.17 Å². The van der Waals surface area contributed by atoms with Gasteiger partial charge in [0, 0.05) is 9.86 Å². The second-order valence-corrected chi connectivity index (χ2v) is 10.5. The van der Waals surface area contributed by atoms with Gasteiger partial charge in [-0.05, 0) is 48.0 Å². The van der Waals surface area contributed by atoms with Crippen molar-refractivity contribution in [3.8, 4) is 11.5 Å². The molecule has 10 heteroatoms. The van der Waals surface area contributed by atoms with Crippen molar-refractivity contribution in [2.45, 2.75) is 6.04 Å². The zero-order valence-electron chi connectivity index (χ0n) is 20.1. The van der Waals surface area contributed by atoms with Gasteiger partial charge in [-0.1, -0.05) is 51.5 Å². The number of rotatable bonds is 6. The molecule has 0 spiro atoms. The summed E-state index contributed by atoms with van der Waals surface area (Å²) in [5.74, 6) is -0.863. The number of hydrogen-bond donors (Lipinski definition) is 1. The van der Waals surface area contributed by atoms with E-state index in [0.29, 0.717) is 38.7 Å². The minimum atomic E-state index is -0.930. The number of hydrogen-bond acceptors (Lipinski definition) is 8.